The molecule has 0 aromatic carbocycles. The highest BCUT2D eigenvalue weighted by molar-refractivity contribution is 5.82. The Morgan fingerprint density at radius 1 is 0.538 bits per heavy atom. The Bertz CT molecular complexity index is 325. The molecule has 0 amide bonds. The Kier molecular flexibility index (Phi) is 19.8. The van der Waals surface area contributed by atoms with Crippen LogP contribution in [0.5, 0.6) is 0 Å². The Morgan fingerprint density at radius 3 is 1.38 bits per heavy atom. The highest BCUT2D eigenvalue weighted by atomic mass is 16.5. The summed E-state index contributed by atoms with van der Waals surface area (Å²) >= 11 is 0. The second kappa shape index (κ2) is 20.5. The maximum atomic E-state index is 11.7. The minimum atomic E-state index is -0.252. The number of esters is 1. The van der Waals surface area contributed by atoms with E-state index in [1.165, 1.54) is 83.5 Å². The summed E-state index contributed by atoms with van der Waals surface area (Å²) in [6, 6.07) is 0. The minimum Gasteiger partial charge on any atom is -0.466 e. The first-order valence-electron chi connectivity index (χ1n) is 11.4. The van der Waals surface area contributed by atoms with Crippen molar-refractivity contribution in [3.05, 3.63) is 0 Å². The molecule has 0 saturated heterocycles. The van der Waals surface area contributed by atoms with E-state index in [1.54, 1.807) is 6.92 Å². The van der Waals surface area contributed by atoms with Crippen LogP contribution in [0.1, 0.15) is 129 Å². The van der Waals surface area contributed by atoms with Crippen LogP contribution in [0.4, 0.5) is 0 Å². The zero-order valence-electron chi connectivity index (χ0n) is 17.7. The second-order valence-electron chi connectivity index (χ2n) is 7.54. The lowest BCUT2D eigenvalue weighted by molar-refractivity contribution is -0.144. The van der Waals surface area contributed by atoms with Gasteiger partial charge >= 0.3 is 5.97 Å². The molecule has 0 spiro atoms. The van der Waals surface area contributed by atoms with Crippen molar-refractivity contribution in [2.45, 2.75) is 129 Å². The lowest BCUT2D eigenvalue weighted by atomic mass is 10.0. The molecule has 0 aliphatic carbocycles. The summed E-state index contributed by atoms with van der Waals surface area (Å²) in [5.74, 6) is -0.0508. The summed E-state index contributed by atoms with van der Waals surface area (Å²) in [6.45, 7) is 4.45. The van der Waals surface area contributed by atoms with Crippen LogP contribution in [0.3, 0.4) is 0 Å². The van der Waals surface area contributed by atoms with E-state index < -0.39 is 0 Å². The first kappa shape index (κ1) is 25.1. The van der Waals surface area contributed by atoms with Gasteiger partial charge in [0.1, 0.15) is 5.78 Å². The van der Waals surface area contributed by atoms with Crippen LogP contribution in [0, 0.1) is 0 Å². The SMILES string of the molecule is CCCCCCCCCCCCCCCCCC(=O)CCC(=O)OCC. The molecule has 26 heavy (non-hydrogen) atoms. The number of Topliss-reactive ketones (excluding diaryl/α,β-unsaturated/α-hetero) is 1. The molecule has 0 atom stereocenters. The van der Waals surface area contributed by atoms with Crippen molar-refractivity contribution < 1.29 is 14.3 Å². The molecule has 3 nitrogen and oxygen atoms in total. The van der Waals surface area contributed by atoms with E-state index >= 15 is 0 Å². The third kappa shape index (κ3) is 19.5. The summed E-state index contributed by atoms with van der Waals surface area (Å²) in [4.78, 5) is 22.9. The maximum Gasteiger partial charge on any atom is 0.306 e. The van der Waals surface area contributed by atoms with Gasteiger partial charge in [-0.15, -0.1) is 0 Å². The van der Waals surface area contributed by atoms with Crippen LogP contribution >= 0.6 is 0 Å². The van der Waals surface area contributed by atoms with Crippen LogP contribution < -0.4 is 0 Å². The predicted molar refractivity (Wildman–Crippen MR) is 110 cm³/mol. The smallest absolute Gasteiger partial charge is 0.306 e. The number of hydrogen-bond acceptors (Lipinski definition) is 3. The molecule has 0 N–H and O–H groups in total. The number of ketones is 1. The Hall–Kier alpha value is -0.860. The standard InChI is InChI=1S/C23H44O3/c1-3-5-6-7-8-9-10-11-12-13-14-15-16-17-18-19-22(24)20-21-23(25)26-4-2/h3-21H2,1-2H3. The fourth-order valence-electron chi connectivity index (χ4n) is 3.29. The van der Waals surface area contributed by atoms with E-state index in [1.807, 2.05) is 0 Å². The Morgan fingerprint density at radius 2 is 0.962 bits per heavy atom. The molecule has 0 heterocycles. The first-order chi connectivity index (χ1) is 12.7. The van der Waals surface area contributed by atoms with E-state index in [2.05, 4.69) is 6.92 Å². The summed E-state index contributed by atoms with van der Waals surface area (Å²) < 4.78 is 4.83. The third-order valence-corrected chi connectivity index (χ3v) is 4.97. The molecule has 0 aromatic rings. The van der Waals surface area contributed by atoms with Gasteiger partial charge in [-0.1, -0.05) is 96.8 Å². The molecule has 0 aliphatic heterocycles. The van der Waals surface area contributed by atoms with Crippen molar-refractivity contribution in [1.82, 2.24) is 0 Å². The summed E-state index contributed by atoms with van der Waals surface area (Å²) in [5, 5.41) is 0. The summed E-state index contributed by atoms with van der Waals surface area (Å²) in [5.41, 5.74) is 0. The van der Waals surface area contributed by atoms with Gasteiger partial charge in [0.2, 0.25) is 0 Å². The second-order valence-corrected chi connectivity index (χ2v) is 7.54. The van der Waals surface area contributed by atoms with Gasteiger partial charge in [0.05, 0.1) is 13.0 Å². The van der Waals surface area contributed by atoms with Crippen LogP contribution in [-0.2, 0) is 14.3 Å². The number of rotatable bonds is 20. The highest BCUT2D eigenvalue weighted by Crippen LogP contribution is 2.14. The topological polar surface area (TPSA) is 43.4 Å². The van der Waals surface area contributed by atoms with Gasteiger partial charge in [-0.2, -0.15) is 0 Å². The van der Waals surface area contributed by atoms with Crippen LogP contribution in [0.2, 0.25) is 0 Å². The van der Waals surface area contributed by atoms with Gasteiger partial charge in [-0.3, -0.25) is 9.59 Å². The van der Waals surface area contributed by atoms with Crippen molar-refractivity contribution in [2.75, 3.05) is 6.61 Å². The molecule has 0 unspecified atom stereocenters. The van der Waals surface area contributed by atoms with Crippen LogP contribution in [0.25, 0.3) is 0 Å². The lowest BCUT2D eigenvalue weighted by Crippen LogP contribution is -2.07. The number of hydrogen-bond donors (Lipinski definition) is 0. The fourth-order valence-corrected chi connectivity index (χ4v) is 3.29. The quantitative estimate of drug-likeness (QED) is 0.169. The van der Waals surface area contributed by atoms with E-state index in [0.717, 1.165) is 12.8 Å². The van der Waals surface area contributed by atoms with E-state index in [9.17, 15) is 9.59 Å². The predicted octanol–water partition coefficient (Wildman–Crippen LogP) is 7.16. The summed E-state index contributed by atoms with van der Waals surface area (Å²) in [7, 11) is 0. The zero-order chi connectivity index (χ0) is 19.3. The van der Waals surface area contributed by atoms with Crippen molar-refractivity contribution in [3.63, 3.8) is 0 Å². The molecule has 3 heteroatoms. The van der Waals surface area contributed by atoms with E-state index in [0.29, 0.717) is 19.4 Å². The van der Waals surface area contributed by atoms with Crippen molar-refractivity contribution in [1.29, 1.82) is 0 Å². The summed E-state index contributed by atoms with van der Waals surface area (Å²) in [6.07, 6.45) is 21.2. The minimum absolute atomic E-state index is 0.202. The number of carbonyl (C=O) groups excluding carboxylic acids is 2. The highest BCUT2D eigenvalue weighted by Gasteiger charge is 2.07. The Labute approximate surface area is 162 Å². The molecule has 154 valence electrons. The van der Waals surface area contributed by atoms with Crippen molar-refractivity contribution >= 4 is 11.8 Å². The largest absolute Gasteiger partial charge is 0.466 e. The van der Waals surface area contributed by atoms with Crippen LogP contribution in [0.15, 0.2) is 0 Å². The average molecular weight is 369 g/mol. The van der Waals surface area contributed by atoms with E-state index in [4.69, 9.17) is 4.74 Å². The third-order valence-electron chi connectivity index (χ3n) is 4.97. The molecular formula is C23H44O3. The van der Waals surface area contributed by atoms with Gasteiger partial charge in [0.15, 0.2) is 0 Å². The first-order valence-corrected chi connectivity index (χ1v) is 11.4. The molecule has 0 aliphatic rings. The molecule has 0 rings (SSSR count). The van der Waals surface area contributed by atoms with Gasteiger partial charge in [0.25, 0.3) is 0 Å². The number of carbonyl (C=O) groups is 2. The monoisotopic (exact) mass is 368 g/mol. The van der Waals surface area contributed by atoms with Gasteiger partial charge in [0, 0.05) is 12.8 Å². The number of unbranched alkanes of at least 4 members (excludes halogenated alkanes) is 14. The van der Waals surface area contributed by atoms with Gasteiger partial charge in [-0.05, 0) is 13.3 Å². The molecule has 0 fully saturated rings. The van der Waals surface area contributed by atoms with Gasteiger partial charge in [-0.25, -0.2) is 0 Å². The zero-order valence-corrected chi connectivity index (χ0v) is 17.7. The molecule has 0 radical (unpaired) electrons. The maximum absolute atomic E-state index is 11.7. The lowest BCUT2D eigenvalue weighted by Gasteiger charge is -2.04. The number of ether oxygens (including phenoxy) is 1. The Balaban J connectivity index is 3.17. The van der Waals surface area contributed by atoms with Crippen molar-refractivity contribution in [2.24, 2.45) is 0 Å². The average Bonchev–Trinajstić information content (AvgIpc) is 2.63. The molecule has 0 aromatic heterocycles. The molecule has 0 bridgehead atoms. The molecular weight excluding hydrogens is 324 g/mol. The van der Waals surface area contributed by atoms with E-state index in [-0.39, 0.29) is 18.2 Å². The van der Waals surface area contributed by atoms with Crippen LogP contribution in [-0.4, -0.2) is 18.4 Å². The van der Waals surface area contributed by atoms with Crippen molar-refractivity contribution in [3.8, 4) is 0 Å². The van der Waals surface area contributed by atoms with Gasteiger partial charge < -0.3 is 4.74 Å². The fraction of sp³-hybridized carbons (Fsp3) is 0.913. The normalized spacial score (nSPS) is 10.8. The molecule has 0 saturated carbocycles.